The largest absolute Gasteiger partial charge is 0.478 e. The van der Waals surface area contributed by atoms with Crippen molar-refractivity contribution >= 4 is 34.5 Å². The summed E-state index contributed by atoms with van der Waals surface area (Å²) in [5.41, 5.74) is 7.16. The van der Waals surface area contributed by atoms with E-state index in [-0.39, 0.29) is 33.9 Å². The minimum Gasteiger partial charge on any atom is -0.478 e. The van der Waals surface area contributed by atoms with Crippen LogP contribution >= 0.6 is 0 Å². The normalized spacial score (nSPS) is 15.5. The molecule has 0 fully saturated rings. The fourth-order valence-corrected chi connectivity index (χ4v) is 4.21. The Kier molecular flexibility index (Phi) is 6.39. The topological polar surface area (TPSA) is 156 Å². The molecule has 1 aliphatic rings. The van der Waals surface area contributed by atoms with Gasteiger partial charge >= 0.3 is 17.9 Å². The fraction of sp³-hybridized carbons (Fsp3) is 0.115. The lowest BCUT2D eigenvalue weighted by molar-refractivity contribution is -0.139. The molecule has 0 saturated carbocycles. The van der Waals surface area contributed by atoms with Crippen LogP contribution in [-0.2, 0) is 19.1 Å². The predicted molar refractivity (Wildman–Crippen MR) is 128 cm³/mol. The van der Waals surface area contributed by atoms with Crippen LogP contribution in [-0.4, -0.2) is 42.2 Å². The maximum atomic E-state index is 13.2. The van der Waals surface area contributed by atoms with Crippen molar-refractivity contribution < 1.29 is 29.0 Å². The van der Waals surface area contributed by atoms with Crippen LogP contribution in [0.25, 0.3) is 10.9 Å². The van der Waals surface area contributed by atoms with Gasteiger partial charge in [-0.3, -0.25) is 9.88 Å². The maximum absolute atomic E-state index is 13.2. The summed E-state index contributed by atoms with van der Waals surface area (Å²) in [6.45, 7) is 0. The Morgan fingerprint density at radius 1 is 1.06 bits per heavy atom. The van der Waals surface area contributed by atoms with Gasteiger partial charge in [-0.25, -0.2) is 14.4 Å². The first-order chi connectivity index (χ1) is 17.3. The quantitative estimate of drug-likeness (QED) is 0.516. The number of nitrogens with zero attached hydrogens (tertiary/aromatic N) is 3. The number of carbonyl (C=O) groups excluding carboxylic acids is 2. The van der Waals surface area contributed by atoms with Gasteiger partial charge in [-0.05, 0) is 23.8 Å². The number of anilines is 1. The molecule has 0 bridgehead atoms. The van der Waals surface area contributed by atoms with Crippen LogP contribution in [0.3, 0.4) is 0 Å². The van der Waals surface area contributed by atoms with Crippen molar-refractivity contribution in [2.75, 3.05) is 19.1 Å². The third-order valence-electron chi connectivity index (χ3n) is 5.80. The van der Waals surface area contributed by atoms with Gasteiger partial charge in [-0.15, -0.1) is 0 Å². The molecule has 10 nitrogen and oxygen atoms in total. The van der Waals surface area contributed by atoms with E-state index in [0.717, 1.165) is 14.2 Å². The first-order valence-corrected chi connectivity index (χ1v) is 10.6. The van der Waals surface area contributed by atoms with Crippen molar-refractivity contribution in [2.45, 2.75) is 5.92 Å². The van der Waals surface area contributed by atoms with Crippen molar-refractivity contribution in [2.24, 2.45) is 5.73 Å². The zero-order chi connectivity index (χ0) is 26.0. The zero-order valence-electron chi connectivity index (χ0n) is 19.3. The first kappa shape index (κ1) is 24.0. The summed E-state index contributed by atoms with van der Waals surface area (Å²) < 4.78 is 10.0. The molecule has 0 spiro atoms. The lowest BCUT2D eigenvalue weighted by atomic mass is 9.81. The number of fused-ring (bicyclic) bond motifs is 1. The van der Waals surface area contributed by atoms with Crippen LogP contribution in [0.15, 0.2) is 83.5 Å². The number of pyridine rings is 1. The number of allylic oxidation sites excluding steroid dienone is 1. The zero-order valence-corrected chi connectivity index (χ0v) is 19.3. The number of carboxylic acid groups (broad SMARTS) is 1. The monoisotopic (exact) mass is 484 g/mol. The smallest absolute Gasteiger partial charge is 0.355 e. The summed E-state index contributed by atoms with van der Waals surface area (Å²) in [5, 5.41) is 20.0. The van der Waals surface area contributed by atoms with Crippen molar-refractivity contribution in [3.63, 3.8) is 0 Å². The molecule has 1 aliphatic heterocycles. The van der Waals surface area contributed by atoms with Crippen LogP contribution in [0.4, 0.5) is 5.69 Å². The summed E-state index contributed by atoms with van der Waals surface area (Å²) in [6, 6.07) is 16.9. The number of hydrogen-bond donors (Lipinski definition) is 2. The number of aromatic carboxylic acids is 1. The molecular formula is C26H20N4O6. The molecular weight excluding hydrogens is 464 g/mol. The molecule has 1 unspecified atom stereocenters. The highest BCUT2D eigenvalue weighted by molar-refractivity contribution is 6.09. The van der Waals surface area contributed by atoms with Crippen molar-refractivity contribution in [3.05, 3.63) is 94.6 Å². The van der Waals surface area contributed by atoms with Crippen molar-refractivity contribution in [1.29, 1.82) is 5.26 Å². The van der Waals surface area contributed by atoms with Crippen LogP contribution in [0.5, 0.6) is 0 Å². The molecule has 2 aromatic carbocycles. The number of benzene rings is 2. The summed E-state index contributed by atoms with van der Waals surface area (Å²) >= 11 is 0. The Morgan fingerprint density at radius 3 is 2.36 bits per heavy atom. The molecule has 3 N–H and O–H groups in total. The van der Waals surface area contributed by atoms with E-state index in [1.165, 1.54) is 17.2 Å². The second-order valence-electron chi connectivity index (χ2n) is 7.71. The van der Waals surface area contributed by atoms with Crippen LogP contribution in [0.2, 0.25) is 0 Å². The Bertz CT molecular complexity index is 1500. The van der Waals surface area contributed by atoms with E-state index in [9.17, 15) is 24.8 Å². The number of nitriles is 1. The SMILES string of the molecule is COC(=O)C1=C(C(=O)OC)N(c2cccc3ncc(C(=O)O)cc23)C(N)=C(C#N)C1c1ccccc1. The molecule has 0 radical (unpaired) electrons. The highest BCUT2D eigenvalue weighted by Gasteiger charge is 2.43. The molecule has 1 atom stereocenters. The molecule has 36 heavy (non-hydrogen) atoms. The first-order valence-electron chi connectivity index (χ1n) is 10.6. The van der Waals surface area contributed by atoms with Crippen LogP contribution in [0.1, 0.15) is 21.8 Å². The number of nitrogens with two attached hydrogens (primary N) is 1. The maximum Gasteiger partial charge on any atom is 0.355 e. The Hall–Kier alpha value is -5.17. The fourth-order valence-electron chi connectivity index (χ4n) is 4.21. The second kappa shape index (κ2) is 9.60. The number of rotatable bonds is 5. The summed E-state index contributed by atoms with van der Waals surface area (Å²) in [6.07, 6.45) is 1.20. The number of ether oxygens (including phenoxy) is 2. The lowest BCUT2D eigenvalue weighted by Crippen LogP contribution is -2.40. The number of carboxylic acids is 1. The third kappa shape index (κ3) is 3.88. The Balaban J connectivity index is 2.13. The average Bonchev–Trinajstić information content (AvgIpc) is 2.91. The van der Waals surface area contributed by atoms with Gasteiger partial charge in [0.05, 0.1) is 54.1 Å². The van der Waals surface area contributed by atoms with Crippen molar-refractivity contribution in [1.82, 2.24) is 4.98 Å². The molecule has 180 valence electrons. The van der Waals surface area contributed by atoms with Gasteiger partial charge in [-0.1, -0.05) is 36.4 Å². The number of esters is 2. The minimum absolute atomic E-state index is 0.00592. The Labute approximate surface area is 205 Å². The number of aromatic nitrogens is 1. The standard InChI is InChI=1S/C26H20N4O6/c1-35-25(33)21-20(14-7-4-3-5-8-14)17(12-27)23(28)30(22(21)26(34)36-2)19-10-6-9-18-16(19)11-15(13-29-18)24(31)32/h3-11,13,20H,28H2,1-2H3,(H,31,32). The van der Waals surface area contributed by atoms with E-state index in [1.807, 2.05) is 0 Å². The average molecular weight is 484 g/mol. The van der Waals surface area contributed by atoms with Gasteiger partial charge < -0.3 is 20.3 Å². The van der Waals surface area contributed by atoms with Crippen LogP contribution < -0.4 is 10.6 Å². The van der Waals surface area contributed by atoms with Crippen LogP contribution in [0, 0.1) is 11.3 Å². The van der Waals surface area contributed by atoms with E-state index in [0.29, 0.717) is 16.5 Å². The second-order valence-corrected chi connectivity index (χ2v) is 7.71. The van der Waals surface area contributed by atoms with E-state index in [2.05, 4.69) is 11.1 Å². The lowest BCUT2D eigenvalue weighted by Gasteiger charge is -2.36. The Morgan fingerprint density at radius 2 is 1.75 bits per heavy atom. The summed E-state index contributed by atoms with van der Waals surface area (Å²) in [5.74, 6) is -4.12. The van der Waals surface area contributed by atoms with Gasteiger partial charge in [0.15, 0.2) is 0 Å². The molecule has 0 saturated heterocycles. The predicted octanol–water partition coefficient (Wildman–Crippen LogP) is 2.83. The molecule has 2 heterocycles. The summed E-state index contributed by atoms with van der Waals surface area (Å²) in [4.78, 5) is 43.4. The number of carbonyl (C=O) groups is 3. The van der Waals surface area contributed by atoms with Crippen molar-refractivity contribution in [3.8, 4) is 6.07 Å². The highest BCUT2D eigenvalue weighted by Crippen LogP contribution is 2.44. The highest BCUT2D eigenvalue weighted by atomic mass is 16.5. The van der Waals surface area contributed by atoms with E-state index >= 15 is 0 Å². The molecule has 10 heteroatoms. The van der Waals surface area contributed by atoms with Gasteiger partial charge in [0.25, 0.3) is 0 Å². The molecule has 3 aromatic rings. The van der Waals surface area contributed by atoms with E-state index in [4.69, 9.17) is 15.2 Å². The van der Waals surface area contributed by atoms with Gasteiger partial charge in [-0.2, -0.15) is 5.26 Å². The van der Waals surface area contributed by atoms with E-state index < -0.39 is 23.8 Å². The number of hydrogen-bond acceptors (Lipinski definition) is 9. The third-order valence-corrected chi connectivity index (χ3v) is 5.80. The molecule has 1 aromatic heterocycles. The molecule has 0 aliphatic carbocycles. The molecule has 0 amide bonds. The minimum atomic E-state index is -1.21. The number of methoxy groups -OCH3 is 2. The molecule has 4 rings (SSSR count). The summed E-state index contributed by atoms with van der Waals surface area (Å²) in [7, 11) is 2.30. The van der Waals surface area contributed by atoms with Gasteiger partial charge in [0.1, 0.15) is 11.5 Å². The van der Waals surface area contributed by atoms with E-state index in [1.54, 1.807) is 48.5 Å². The van der Waals surface area contributed by atoms with Gasteiger partial charge in [0, 0.05) is 11.6 Å². The van der Waals surface area contributed by atoms with Gasteiger partial charge in [0.2, 0.25) is 0 Å².